The van der Waals surface area contributed by atoms with E-state index in [9.17, 15) is 4.39 Å². The fourth-order valence-electron chi connectivity index (χ4n) is 3.39. The van der Waals surface area contributed by atoms with E-state index in [0.29, 0.717) is 28.6 Å². The summed E-state index contributed by atoms with van der Waals surface area (Å²) in [4.78, 5) is 0. The van der Waals surface area contributed by atoms with Gasteiger partial charge in [0.25, 0.3) is 0 Å². The first-order valence-electron chi connectivity index (χ1n) is 7.21. The highest BCUT2D eigenvalue weighted by molar-refractivity contribution is 6.30. The highest BCUT2D eigenvalue weighted by Gasteiger charge is 2.42. The van der Waals surface area contributed by atoms with Crippen LogP contribution in [0.4, 0.5) is 10.1 Å². The standard InChI is InChI=1S/C16H24ClFN2/c1-11-9-15(2,3)4-5-16(11,10-19)20-14-7-12(17)6-13(18)8-14/h6-8,11,20H,4-5,9-10,19H2,1-3H3. The third kappa shape index (κ3) is 3.26. The molecule has 1 aliphatic rings. The van der Waals surface area contributed by atoms with Crippen LogP contribution in [0.1, 0.15) is 40.0 Å². The summed E-state index contributed by atoms with van der Waals surface area (Å²) in [5.41, 5.74) is 6.94. The minimum atomic E-state index is -0.323. The van der Waals surface area contributed by atoms with Crippen LogP contribution in [-0.4, -0.2) is 12.1 Å². The Morgan fingerprint density at radius 1 is 1.35 bits per heavy atom. The summed E-state index contributed by atoms with van der Waals surface area (Å²) in [6, 6.07) is 4.56. The lowest BCUT2D eigenvalue weighted by molar-refractivity contribution is 0.120. The lowest BCUT2D eigenvalue weighted by Crippen LogP contribution is -2.55. The summed E-state index contributed by atoms with van der Waals surface area (Å²) in [5, 5.41) is 3.87. The Morgan fingerprint density at radius 3 is 2.60 bits per heavy atom. The number of nitrogens with two attached hydrogens (primary N) is 1. The summed E-state index contributed by atoms with van der Waals surface area (Å²) in [7, 11) is 0. The fourth-order valence-corrected chi connectivity index (χ4v) is 3.61. The number of benzene rings is 1. The van der Waals surface area contributed by atoms with Gasteiger partial charge in [0.1, 0.15) is 5.82 Å². The van der Waals surface area contributed by atoms with Gasteiger partial charge in [-0.2, -0.15) is 0 Å². The first-order valence-corrected chi connectivity index (χ1v) is 7.58. The van der Waals surface area contributed by atoms with Crippen molar-refractivity contribution in [3.8, 4) is 0 Å². The molecule has 0 aromatic heterocycles. The third-order valence-electron chi connectivity index (χ3n) is 4.67. The Morgan fingerprint density at radius 2 is 2.05 bits per heavy atom. The molecule has 0 bridgehead atoms. The van der Waals surface area contributed by atoms with Crippen molar-refractivity contribution in [2.75, 3.05) is 11.9 Å². The second-order valence-electron chi connectivity index (χ2n) is 6.91. The van der Waals surface area contributed by atoms with Crippen molar-refractivity contribution in [1.82, 2.24) is 0 Å². The first kappa shape index (κ1) is 15.6. The van der Waals surface area contributed by atoms with Crippen LogP contribution < -0.4 is 11.1 Å². The summed E-state index contributed by atoms with van der Waals surface area (Å²) < 4.78 is 13.5. The van der Waals surface area contributed by atoms with Gasteiger partial charge in [-0.1, -0.05) is 32.4 Å². The maximum atomic E-state index is 13.5. The van der Waals surface area contributed by atoms with Crippen LogP contribution in [0, 0.1) is 17.2 Å². The zero-order chi connectivity index (χ0) is 15.0. The van der Waals surface area contributed by atoms with Gasteiger partial charge in [0, 0.05) is 17.3 Å². The van der Waals surface area contributed by atoms with E-state index in [0.717, 1.165) is 19.3 Å². The van der Waals surface area contributed by atoms with Crippen molar-refractivity contribution >= 4 is 17.3 Å². The first-order chi connectivity index (χ1) is 9.26. The number of halogens is 2. The average Bonchev–Trinajstić information content (AvgIpc) is 2.31. The molecule has 0 saturated heterocycles. The quantitative estimate of drug-likeness (QED) is 0.866. The van der Waals surface area contributed by atoms with E-state index in [1.807, 2.05) is 0 Å². The topological polar surface area (TPSA) is 38.0 Å². The van der Waals surface area contributed by atoms with Crippen molar-refractivity contribution < 1.29 is 4.39 Å². The zero-order valence-corrected chi connectivity index (χ0v) is 13.2. The van der Waals surface area contributed by atoms with Crippen LogP contribution in [-0.2, 0) is 0 Å². The lowest BCUT2D eigenvalue weighted by atomic mass is 9.63. The van der Waals surface area contributed by atoms with E-state index >= 15 is 0 Å². The molecule has 0 heterocycles. The van der Waals surface area contributed by atoms with Gasteiger partial charge in [0.05, 0.1) is 5.54 Å². The van der Waals surface area contributed by atoms with Crippen molar-refractivity contribution in [2.45, 2.75) is 45.6 Å². The van der Waals surface area contributed by atoms with Crippen LogP contribution in [0.3, 0.4) is 0 Å². The molecule has 2 unspecified atom stereocenters. The van der Waals surface area contributed by atoms with Crippen LogP contribution >= 0.6 is 11.6 Å². The summed E-state index contributed by atoms with van der Waals surface area (Å²) in [6.45, 7) is 7.35. The molecule has 1 fully saturated rings. The predicted octanol–water partition coefficient (Wildman–Crippen LogP) is 4.43. The minimum Gasteiger partial charge on any atom is -0.378 e. The monoisotopic (exact) mass is 298 g/mol. The van der Waals surface area contributed by atoms with E-state index in [1.54, 1.807) is 6.07 Å². The number of rotatable bonds is 3. The molecule has 1 aromatic carbocycles. The number of anilines is 1. The summed E-state index contributed by atoms with van der Waals surface area (Å²) >= 11 is 5.93. The molecule has 0 radical (unpaired) electrons. The number of hydrogen-bond donors (Lipinski definition) is 2. The Bertz CT molecular complexity index is 469. The lowest BCUT2D eigenvalue weighted by Gasteiger charge is -2.49. The fraction of sp³-hybridized carbons (Fsp3) is 0.625. The smallest absolute Gasteiger partial charge is 0.126 e. The van der Waals surface area contributed by atoms with Crippen molar-refractivity contribution in [1.29, 1.82) is 0 Å². The molecule has 112 valence electrons. The third-order valence-corrected chi connectivity index (χ3v) is 4.89. The SMILES string of the molecule is CC1CC(C)(C)CCC1(CN)Nc1cc(F)cc(Cl)c1. The molecular weight excluding hydrogens is 275 g/mol. The van der Waals surface area contributed by atoms with Crippen LogP contribution in [0.15, 0.2) is 18.2 Å². The number of hydrogen-bond acceptors (Lipinski definition) is 2. The minimum absolute atomic E-state index is 0.174. The Kier molecular flexibility index (Phi) is 4.31. The predicted molar refractivity (Wildman–Crippen MR) is 83.6 cm³/mol. The molecule has 0 amide bonds. The van der Waals surface area contributed by atoms with Crippen LogP contribution in [0.2, 0.25) is 5.02 Å². The Labute approximate surface area is 125 Å². The molecule has 3 N–H and O–H groups in total. The van der Waals surface area contributed by atoms with E-state index in [2.05, 4.69) is 26.1 Å². The molecule has 4 heteroatoms. The molecule has 1 saturated carbocycles. The Hall–Kier alpha value is -0.800. The van der Waals surface area contributed by atoms with E-state index in [-0.39, 0.29) is 11.4 Å². The van der Waals surface area contributed by atoms with Crippen molar-refractivity contribution in [3.63, 3.8) is 0 Å². The maximum Gasteiger partial charge on any atom is 0.126 e. The van der Waals surface area contributed by atoms with Gasteiger partial charge in [-0.15, -0.1) is 0 Å². The molecule has 0 aliphatic heterocycles. The van der Waals surface area contributed by atoms with E-state index in [1.165, 1.54) is 12.1 Å². The largest absolute Gasteiger partial charge is 0.378 e. The Balaban J connectivity index is 2.24. The van der Waals surface area contributed by atoms with E-state index in [4.69, 9.17) is 17.3 Å². The molecule has 0 spiro atoms. The molecule has 1 aromatic rings. The maximum absolute atomic E-state index is 13.5. The molecular formula is C16H24ClFN2. The normalized spacial score (nSPS) is 29.2. The van der Waals surface area contributed by atoms with Gasteiger partial charge in [0.15, 0.2) is 0 Å². The highest BCUT2D eigenvalue weighted by Crippen LogP contribution is 2.45. The summed E-state index contributed by atoms with van der Waals surface area (Å²) in [5.74, 6) is 0.106. The van der Waals surface area contributed by atoms with Crippen molar-refractivity contribution in [3.05, 3.63) is 29.0 Å². The van der Waals surface area contributed by atoms with Gasteiger partial charge in [-0.05, 0) is 48.8 Å². The van der Waals surface area contributed by atoms with Gasteiger partial charge < -0.3 is 11.1 Å². The average molecular weight is 299 g/mol. The van der Waals surface area contributed by atoms with Gasteiger partial charge in [0.2, 0.25) is 0 Å². The highest BCUT2D eigenvalue weighted by atomic mass is 35.5. The second kappa shape index (κ2) is 5.53. The summed E-state index contributed by atoms with van der Waals surface area (Å²) in [6.07, 6.45) is 3.22. The molecule has 2 atom stereocenters. The molecule has 20 heavy (non-hydrogen) atoms. The molecule has 2 rings (SSSR count). The van der Waals surface area contributed by atoms with Gasteiger partial charge in [-0.3, -0.25) is 0 Å². The second-order valence-corrected chi connectivity index (χ2v) is 7.35. The van der Waals surface area contributed by atoms with Crippen molar-refractivity contribution in [2.24, 2.45) is 17.1 Å². The molecule has 1 aliphatic carbocycles. The van der Waals surface area contributed by atoms with E-state index < -0.39 is 0 Å². The molecule has 2 nitrogen and oxygen atoms in total. The number of nitrogens with one attached hydrogen (secondary N) is 1. The zero-order valence-electron chi connectivity index (χ0n) is 12.5. The van der Waals surface area contributed by atoms with Crippen LogP contribution in [0.5, 0.6) is 0 Å². The van der Waals surface area contributed by atoms with Crippen LogP contribution in [0.25, 0.3) is 0 Å². The van der Waals surface area contributed by atoms with Gasteiger partial charge in [-0.25, -0.2) is 4.39 Å². The van der Waals surface area contributed by atoms with Gasteiger partial charge >= 0.3 is 0 Å².